The van der Waals surface area contributed by atoms with Crippen molar-refractivity contribution >= 4 is 15.8 Å². The Kier molecular flexibility index (Phi) is 6.04. The molecule has 0 heterocycles. The Hall–Kier alpha value is -1.56. The van der Waals surface area contributed by atoms with Gasteiger partial charge < -0.3 is 10.6 Å². The third-order valence-corrected chi connectivity index (χ3v) is 5.36. The molecular formula is C17H27N3O2S. The van der Waals surface area contributed by atoms with Crippen LogP contribution in [-0.2, 0) is 16.4 Å². The molecule has 0 aromatic heterocycles. The average molecular weight is 337 g/mol. The van der Waals surface area contributed by atoms with Crippen LogP contribution >= 0.6 is 0 Å². The molecular weight excluding hydrogens is 310 g/mol. The lowest BCUT2D eigenvalue weighted by atomic mass is 10.1. The summed E-state index contributed by atoms with van der Waals surface area (Å²) in [5.74, 6) is 1.74. The summed E-state index contributed by atoms with van der Waals surface area (Å²) < 4.78 is 23.3. The first kappa shape index (κ1) is 17.8. The number of benzene rings is 1. The zero-order valence-electron chi connectivity index (χ0n) is 14.2. The molecule has 1 aromatic rings. The van der Waals surface area contributed by atoms with E-state index in [1.807, 2.05) is 19.1 Å². The van der Waals surface area contributed by atoms with Crippen LogP contribution in [0.25, 0.3) is 0 Å². The summed E-state index contributed by atoms with van der Waals surface area (Å²) in [6.45, 7) is 3.38. The maximum atomic E-state index is 11.6. The van der Waals surface area contributed by atoms with Crippen molar-refractivity contribution in [3.63, 3.8) is 0 Å². The number of rotatable bonds is 7. The van der Waals surface area contributed by atoms with Crippen LogP contribution in [0.4, 0.5) is 0 Å². The number of nitrogens with one attached hydrogen (secondary N) is 2. The molecule has 1 aliphatic carbocycles. The molecule has 0 radical (unpaired) electrons. The molecule has 0 amide bonds. The molecule has 2 N–H and O–H groups in total. The molecule has 128 valence electrons. The van der Waals surface area contributed by atoms with Gasteiger partial charge in [0.1, 0.15) is 0 Å². The van der Waals surface area contributed by atoms with Crippen LogP contribution < -0.4 is 10.6 Å². The Labute approximate surface area is 139 Å². The zero-order valence-corrected chi connectivity index (χ0v) is 15.0. The highest BCUT2D eigenvalue weighted by molar-refractivity contribution is 7.90. The van der Waals surface area contributed by atoms with E-state index in [1.165, 1.54) is 31.9 Å². The second-order valence-electron chi connectivity index (χ2n) is 6.31. The van der Waals surface area contributed by atoms with Gasteiger partial charge in [0.15, 0.2) is 15.8 Å². The number of nitrogens with zero attached hydrogens (tertiary/aromatic N) is 1. The van der Waals surface area contributed by atoms with E-state index in [0.717, 1.165) is 29.5 Å². The van der Waals surface area contributed by atoms with Crippen molar-refractivity contribution in [2.24, 2.45) is 10.9 Å². The van der Waals surface area contributed by atoms with E-state index in [-0.39, 0.29) is 0 Å². The van der Waals surface area contributed by atoms with E-state index in [2.05, 4.69) is 15.6 Å². The lowest BCUT2D eigenvalue weighted by Crippen LogP contribution is -2.37. The molecule has 0 unspecified atom stereocenters. The number of aliphatic imine (C=N–C) groups is 1. The summed E-state index contributed by atoms with van der Waals surface area (Å²) in [4.78, 5) is 4.61. The number of hydrogen-bond acceptors (Lipinski definition) is 3. The van der Waals surface area contributed by atoms with Gasteiger partial charge in [-0.1, -0.05) is 25.0 Å². The Morgan fingerprint density at radius 3 is 2.61 bits per heavy atom. The molecule has 23 heavy (non-hydrogen) atoms. The molecule has 0 aliphatic heterocycles. The SMILES string of the molecule is CN=C(NCCCC1CC1)NCc1ccc(S(C)(=O)=O)c(C)c1. The van der Waals surface area contributed by atoms with Crippen molar-refractivity contribution in [1.29, 1.82) is 0 Å². The average Bonchev–Trinajstić information content (AvgIpc) is 3.29. The quantitative estimate of drug-likeness (QED) is 0.455. The number of sulfone groups is 1. The summed E-state index contributed by atoms with van der Waals surface area (Å²) in [6.07, 6.45) is 6.51. The van der Waals surface area contributed by atoms with Crippen LogP contribution in [-0.4, -0.2) is 34.2 Å². The highest BCUT2D eigenvalue weighted by Crippen LogP contribution is 2.33. The smallest absolute Gasteiger partial charge is 0.191 e. The fourth-order valence-electron chi connectivity index (χ4n) is 2.65. The summed E-state index contributed by atoms with van der Waals surface area (Å²) in [6, 6.07) is 5.42. The third kappa shape index (κ3) is 5.86. The van der Waals surface area contributed by atoms with Crippen molar-refractivity contribution in [3.8, 4) is 0 Å². The van der Waals surface area contributed by atoms with Crippen LogP contribution in [0, 0.1) is 12.8 Å². The first-order valence-corrected chi connectivity index (χ1v) is 10.0. The van der Waals surface area contributed by atoms with E-state index in [4.69, 9.17) is 0 Å². The van der Waals surface area contributed by atoms with Gasteiger partial charge in [-0.3, -0.25) is 4.99 Å². The van der Waals surface area contributed by atoms with Gasteiger partial charge in [-0.25, -0.2) is 8.42 Å². The summed E-state index contributed by atoms with van der Waals surface area (Å²) in [7, 11) is -1.40. The monoisotopic (exact) mass is 337 g/mol. The maximum Gasteiger partial charge on any atom is 0.191 e. The second kappa shape index (κ2) is 7.81. The molecule has 2 rings (SSSR count). The summed E-state index contributed by atoms with van der Waals surface area (Å²) in [5.41, 5.74) is 1.81. The van der Waals surface area contributed by atoms with Crippen LogP contribution in [0.1, 0.15) is 36.8 Å². The van der Waals surface area contributed by atoms with E-state index in [0.29, 0.717) is 11.4 Å². The molecule has 1 aromatic carbocycles. The Balaban J connectivity index is 1.82. The normalized spacial score (nSPS) is 15.5. The predicted octanol–water partition coefficient (Wildman–Crippen LogP) is 2.25. The predicted molar refractivity (Wildman–Crippen MR) is 94.4 cm³/mol. The molecule has 0 atom stereocenters. The van der Waals surface area contributed by atoms with E-state index >= 15 is 0 Å². The van der Waals surface area contributed by atoms with Crippen molar-refractivity contribution in [2.75, 3.05) is 19.8 Å². The first-order valence-electron chi connectivity index (χ1n) is 8.14. The molecule has 5 nitrogen and oxygen atoms in total. The van der Waals surface area contributed by atoms with Crippen LogP contribution in [0.2, 0.25) is 0 Å². The van der Waals surface area contributed by atoms with Crippen LogP contribution in [0.15, 0.2) is 28.1 Å². The molecule has 1 fully saturated rings. The number of guanidine groups is 1. The van der Waals surface area contributed by atoms with Gasteiger partial charge in [-0.15, -0.1) is 0 Å². The van der Waals surface area contributed by atoms with Gasteiger partial charge in [-0.05, 0) is 42.9 Å². The van der Waals surface area contributed by atoms with Gasteiger partial charge >= 0.3 is 0 Å². The minimum Gasteiger partial charge on any atom is -0.356 e. The van der Waals surface area contributed by atoms with Crippen molar-refractivity contribution in [3.05, 3.63) is 29.3 Å². The van der Waals surface area contributed by atoms with E-state index in [1.54, 1.807) is 13.1 Å². The molecule has 6 heteroatoms. The van der Waals surface area contributed by atoms with Crippen molar-refractivity contribution in [1.82, 2.24) is 10.6 Å². The molecule has 0 saturated heterocycles. The molecule has 1 aliphatic rings. The first-order chi connectivity index (χ1) is 10.9. The van der Waals surface area contributed by atoms with Crippen molar-refractivity contribution in [2.45, 2.75) is 44.0 Å². The fraction of sp³-hybridized carbons (Fsp3) is 0.588. The van der Waals surface area contributed by atoms with Gasteiger partial charge in [0, 0.05) is 26.4 Å². The zero-order chi connectivity index (χ0) is 16.9. The maximum absolute atomic E-state index is 11.6. The van der Waals surface area contributed by atoms with E-state index < -0.39 is 9.84 Å². The van der Waals surface area contributed by atoms with Crippen molar-refractivity contribution < 1.29 is 8.42 Å². The minimum absolute atomic E-state index is 0.392. The summed E-state index contributed by atoms with van der Waals surface area (Å²) >= 11 is 0. The van der Waals surface area contributed by atoms with Crippen LogP contribution in [0.3, 0.4) is 0 Å². The fourth-order valence-corrected chi connectivity index (χ4v) is 3.61. The number of aryl methyl sites for hydroxylation is 1. The van der Waals surface area contributed by atoms with Gasteiger partial charge in [0.05, 0.1) is 4.90 Å². The lowest BCUT2D eigenvalue weighted by molar-refractivity contribution is 0.601. The van der Waals surface area contributed by atoms with Gasteiger partial charge in [0.2, 0.25) is 0 Å². The van der Waals surface area contributed by atoms with Gasteiger partial charge in [0.25, 0.3) is 0 Å². The topological polar surface area (TPSA) is 70.6 Å². The Morgan fingerprint density at radius 2 is 2.04 bits per heavy atom. The standard InChI is InChI=1S/C17H27N3O2S/c1-13-11-15(8-9-16(13)23(3,21)22)12-20-17(18-2)19-10-4-5-14-6-7-14/h8-9,11,14H,4-7,10,12H2,1-3H3,(H2,18,19,20). The number of hydrogen-bond donors (Lipinski definition) is 2. The Morgan fingerprint density at radius 1 is 1.30 bits per heavy atom. The lowest BCUT2D eigenvalue weighted by Gasteiger charge is -2.13. The Bertz CT molecular complexity index is 664. The highest BCUT2D eigenvalue weighted by atomic mass is 32.2. The molecule has 0 spiro atoms. The van der Waals surface area contributed by atoms with Crippen LogP contribution in [0.5, 0.6) is 0 Å². The highest BCUT2D eigenvalue weighted by Gasteiger charge is 2.20. The van der Waals surface area contributed by atoms with E-state index in [9.17, 15) is 8.42 Å². The molecule has 0 bridgehead atoms. The molecule has 1 saturated carbocycles. The largest absolute Gasteiger partial charge is 0.356 e. The second-order valence-corrected chi connectivity index (χ2v) is 8.29. The van der Waals surface area contributed by atoms with Gasteiger partial charge in [-0.2, -0.15) is 0 Å². The third-order valence-electron chi connectivity index (χ3n) is 4.10. The minimum atomic E-state index is -3.16. The summed E-state index contributed by atoms with van der Waals surface area (Å²) in [5, 5.41) is 6.58.